The van der Waals surface area contributed by atoms with Crippen LogP contribution in [0.3, 0.4) is 0 Å². The van der Waals surface area contributed by atoms with Gasteiger partial charge >= 0.3 is 5.97 Å². The van der Waals surface area contributed by atoms with Crippen LogP contribution in [0.15, 0.2) is 42.5 Å². The number of fused-ring (bicyclic) bond motifs is 1. The molecule has 0 spiro atoms. The highest BCUT2D eigenvalue weighted by Gasteiger charge is 2.25. The number of carbonyl (C=O) groups is 2. The van der Waals surface area contributed by atoms with Gasteiger partial charge < -0.3 is 19.1 Å². The highest BCUT2D eigenvalue weighted by molar-refractivity contribution is 5.98. The maximum Gasteiger partial charge on any atom is 0.338 e. The summed E-state index contributed by atoms with van der Waals surface area (Å²) in [6.07, 6.45) is 1.74. The number of methoxy groups -OCH3 is 1. The van der Waals surface area contributed by atoms with E-state index in [1.54, 1.807) is 23.1 Å². The maximum atomic E-state index is 12.5. The van der Waals surface area contributed by atoms with Crippen molar-refractivity contribution in [3.05, 3.63) is 53.6 Å². The summed E-state index contributed by atoms with van der Waals surface area (Å²) in [5.41, 5.74) is 2.33. The van der Waals surface area contributed by atoms with Gasteiger partial charge in [-0.15, -0.1) is 0 Å². The Kier molecular flexibility index (Phi) is 6.75. The molecule has 1 aliphatic rings. The molecule has 1 amide bonds. The van der Waals surface area contributed by atoms with Crippen LogP contribution in [0.25, 0.3) is 0 Å². The lowest BCUT2D eigenvalue weighted by molar-refractivity contribution is -0.121. The van der Waals surface area contributed by atoms with Gasteiger partial charge in [0.25, 0.3) is 5.91 Å². The zero-order chi connectivity index (χ0) is 20.8. The zero-order valence-corrected chi connectivity index (χ0v) is 17.1. The number of anilines is 1. The lowest BCUT2D eigenvalue weighted by atomic mass is 10.1. The molecule has 1 aliphatic heterocycles. The number of rotatable bonds is 8. The Morgan fingerprint density at radius 1 is 1.10 bits per heavy atom. The van der Waals surface area contributed by atoms with E-state index in [2.05, 4.69) is 13.8 Å². The molecule has 0 N–H and O–H groups in total. The Bertz CT molecular complexity index is 877. The molecule has 0 saturated heterocycles. The summed E-state index contributed by atoms with van der Waals surface area (Å²) in [7, 11) is 1.52. The Hall–Kier alpha value is -3.02. The van der Waals surface area contributed by atoms with Crippen LogP contribution in [0.2, 0.25) is 0 Å². The first kappa shape index (κ1) is 20.7. The molecular formula is C23H27NO5. The summed E-state index contributed by atoms with van der Waals surface area (Å²) in [4.78, 5) is 26.6. The number of esters is 1. The highest BCUT2D eigenvalue weighted by atomic mass is 16.5. The number of carbonyl (C=O) groups excluding carboxylic acids is 2. The first-order valence-electron chi connectivity index (χ1n) is 9.86. The van der Waals surface area contributed by atoms with Crippen LogP contribution in [0, 0.1) is 5.92 Å². The third-order valence-corrected chi connectivity index (χ3v) is 4.87. The van der Waals surface area contributed by atoms with E-state index in [0.29, 0.717) is 36.1 Å². The number of hydrogen-bond donors (Lipinski definition) is 0. The summed E-state index contributed by atoms with van der Waals surface area (Å²) in [5.74, 6) is 0.773. The zero-order valence-electron chi connectivity index (χ0n) is 17.1. The van der Waals surface area contributed by atoms with E-state index < -0.39 is 5.97 Å². The summed E-state index contributed by atoms with van der Waals surface area (Å²) in [5, 5.41) is 0. The molecule has 1 heterocycles. The third kappa shape index (κ3) is 5.08. The number of hydrogen-bond acceptors (Lipinski definition) is 5. The van der Waals surface area contributed by atoms with E-state index in [1.807, 2.05) is 24.3 Å². The van der Waals surface area contributed by atoms with Gasteiger partial charge in [0, 0.05) is 12.2 Å². The maximum absolute atomic E-state index is 12.5. The molecule has 0 radical (unpaired) electrons. The molecule has 6 heteroatoms. The van der Waals surface area contributed by atoms with E-state index in [1.165, 1.54) is 7.11 Å². The predicted octanol–water partition coefficient (Wildman–Crippen LogP) is 3.87. The fourth-order valence-electron chi connectivity index (χ4n) is 3.20. The minimum Gasteiger partial charge on any atom is -0.493 e. The van der Waals surface area contributed by atoms with Crippen molar-refractivity contribution in [1.29, 1.82) is 0 Å². The van der Waals surface area contributed by atoms with E-state index in [9.17, 15) is 9.59 Å². The largest absolute Gasteiger partial charge is 0.493 e. The van der Waals surface area contributed by atoms with Crippen molar-refractivity contribution in [2.24, 2.45) is 5.92 Å². The van der Waals surface area contributed by atoms with E-state index in [-0.39, 0.29) is 12.5 Å². The first-order chi connectivity index (χ1) is 14.0. The van der Waals surface area contributed by atoms with Gasteiger partial charge in [-0.2, -0.15) is 0 Å². The van der Waals surface area contributed by atoms with Crippen LogP contribution >= 0.6 is 0 Å². The van der Waals surface area contributed by atoms with Crippen LogP contribution in [0.1, 0.15) is 36.2 Å². The van der Waals surface area contributed by atoms with Crippen molar-refractivity contribution in [3.63, 3.8) is 0 Å². The van der Waals surface area contributed by atoms with Crippen molar-refractivity contribution in [3.8, 4) is 11.5 Å². The quantitative estimate of drug-likeness (QED) is 0.633. The van der Waals surface area contributed by atoms with E-state index >= 15 is 0 Å². The van der Waals surface area contributed by atoms with Gasteiger partial charge in [-0.3, -0.25) is 4.79 Å². The van der Waals surface area contributed by atoms with Gasteiger partial charge in [0.1, 0.15) is 0 Å². The summed E-state index contributed by atoms with van der Waals surface area (Å²) >= 11 is 0. The SMILES string of the molecule is COc1cc(C(=O)OCC(=O)N2CCc3ccccc32)ccc1OCCC(C)C. The third-order valence-electron chi connectivity index (χ3n) is 4.87. The molecule has 0 aliphatic carbocycles. The van der Waals surface area contributed by atoms with Crippen LogP contribution in [-0.4, -0.2) is 38.7 Å². The van der Waals surface area contributed by atoms with Crippen molar-refractivity contribution >= 4 is 17.6 Å². The molecule has 3 rings (SSSR count). The molecule has 0 aromatic heterocycles. The summed E-state index contributed by atoms with van der Waals surface area (Å²) in [6, 6.07) is 12.6. The number of benzene rings is 2. The average molecular weight is 397 g/mol. The molecule has 154 valence electrons. The van der Waals surface area contributed by atoms with Crippen molar-refractivity contribution in [2.75, 3.05) is 31.8 Å². The van der Waals surface area contributed by atoms with Crippen molar-refractivity contribution < 1.29 is 23.8 Å². The van der Waals surface area contributed by atoms with Gasteiger partial charge in [-0.05, 0) is 48.6 Å². The molecule has 2 aromatic carbocycles. The second kappa shape index (κ2) is 9.45. The fraction of sp³-hybridized carbons (Fsp3) is 0.391. The lowest BCUT2D eigenvalue weighted by Crippen LogP contribution is -2.33. The van der Waals surface area contributed by atoms with Crippen molar-refractivity contribution in [1.82, 2.24) is 0 Å². The average Bonchev–Trinajstić information content (AvgIpc) is 3.16. The molecule has 2 aromatic rings. The van der Waals surface area contributed by atoms with Gasteiger partial charge in [0.2, 0.25) is 0 Å². The standard InChI is InChI=1S/C23H27NO5/c1-16(2)11-13-28-20-9-8-18(14-21(20)27-3)23(26)29-15-22(25)24-12-10-17-6-4-5-7-19(17)24/h4-9,14,16H,10-13,15H2,1-3H3. The normalized spacial score (nSPS) is 12.6. The molecule has 0 fully saturated rings. The van der Waals surface area contributed by atoms with Crippen LogP contribution in [-0.2, 0) is 16.0 Å². The summed E-state index contributed by atoms with van der Waals surface area (Å²) < 4.78 is 16.3. The van der Waals surface area contributed by atoms with Gasteiger partial charge in [-0.1, -0.05) is 32.0 Å². The Labute approximate surface area is 171 Å². The Morgan fingerprint density at radius 2 is 1.90 bits per heavy atom. The first-order valence-corrected chi connectivity index (χ1v) is 9.86. The van der Waals surface area contributed by atoms with Gasteiger partial charge in [0.05, 0.1) is 19.3 Å². The summed E-state index contributed by atoms with van der Waals surface area (Å²) in [6.45, 7) is 5.13. The minimum atomic E-state index is -0.571. The fourth-order valence-corrected chi connectivity index (χ4v) is 3.20. The van der Waals surface area contributed by atoms with Crippen LogP contribution in [0.4, 0.5) is 5.69 Å². The highest BCUT2D eigenvalue weighted by Crippen LogP contribution is 2.29. The molecule has 29 heavy (non-hydrogen) atoms. The molecular weight excluding hydrogens is 370 g/mol. The second-order valence-corrected chi connectivity index (χ2v) is 7.40. The van der Waals surface area contributed by atoms with Crippen LogP contribution < -0.4 is 14.4 Å². The van der Waals surface area contributed by atoms with E-state index in [0.717, 1.165) is 24.1 Å². The molecule has 0 unspecified atom stereocenters. The number of ether oxygens (including phenoxy) is 3. The molecule has 0 atom stereocenters. The molecule has 6 nitrogen and oxygen atoms in total. The second-order valence-electron chi connectivity index (χ2n) is 7.40. The Morgan fingerprint density at radius 3 is 2.66 bits per heavy atom. The monoisotopic (exact) mass is 397 g/mol. The van der Waals surface area contributed by atoms with Crippen molar-refractivity contribution in [2.45, 2.75) is 26.7 Å². The topological polar surface area (TPSA) is 65.1 Å². The lowest BCUT2D eigenvalue weighted by Gasteiger charge is -2.17. The van der Waals surface area contributed by atoms with Gasteiger partial charge in [0.15, 0.2) is 18.1 Å². The van der Waals surface area contributed by atoms with Crippen LogP contribution in [0.5, 0.6) is 11.5 Å². The minimum absolute atomic E-state index is 0.232. The molecule has 0 saturated carbocycles. The van der Waals surface area contributed by atoms with E-state index in [4.69, 9.17) is 14.2 Å². The smallest absolute Gasteiger partial charge is 0.338 e. The van der Waals surface area contributed by atoms with Gasteiger partial charge in [-0.25, -0.2) is 4.79 Å². The number of para-hydroxylation sites is 1. The Balaban J connectivity index is 1.58. The predicted molar refractivity (Wildman–Crippen MR) is 111 cm³/mol. The number of nitrogens with zero attached hydrogens (tertiary/aromatic N) is 1. The molecule has 0 bridgehead atoms. The number of amides is 1.